The number of rotatable bonds is 4. The van der Waals surface area contributed by atoms with E-state index >= 15 is 0 Å². The Morgan fingerprint density at radius 2 is 1.86 bits per heavy atom. The molecule has 22 heavy (non-hydrogen) atoms. The van der Waals surface area contributed by atoms with Gasteiger partial charge in [-0.25, -0.2) is 10.4 Å². The van der Waals surface area contributed by atoms with Crippen LogP contribution < -0.4 is 5.43 Å². The monoisotopic (exact) mass is 292 g/mol. The van der Waals surface area contributed by atoms with E-state index in [1.807, 2.05) is 61.5 Å². The molecule has 5 heteroatoms. The van der Waals surface area contributed by atoms with Gasteiger partial charge < -0.3 is 4.98 Å². The molecule has 0 aliphatic rings. The highest BCUT2D eigenvalue weighted by Gasteiger charge is 2.07. The number of amides is 1. The van der Waals surface area contributed by atoms with Crippen molar-refractivity contribution in [2.24, 2.45) is 5.10 Å². The van der Waals surface area contributed by atoms with Gasteiger partial charge in [0.15, 0.2) is 0 Å². The number of H-pyrrole nitrogens is 1. The summed E-state index contributed by atoms with van der Waals surface area (Å²) >= 11 is 0. The zero-order chi connectivity index (χ0) is 15.4. The summed E-state index contributed by atoms with van der Waals surface area (Å²) in [5.74, 6) is 0.431. The fourth-order valence-electron chi connectivity index (χ4n) is 2.17. The first-order chi connectivity index (χ1) is 10.7. The number of hydrogen-bond acceptors (Lipinski definition) is 3. The van der Waals surface area contributed by atoms with Crippen LogP contribution in [0.2, 0.25) is 0 Å². The molecule has 3 rings (SSSR count). The van der Waals surface area contributed by atoms with E-state index in [4.69, 9.17) is 0 Å². The quantitative estimate of drug-likeness (QED) is 0.573. The Morgan fingerprint density at radius 1 is 1.14 bits per heavy atom. The van der Waals surface area contributed by atoms with Gasteiger partial charge in [-0.05, 0) is 24.6 Å². The van der Waals surface area contributed by atoms with Crippen molar-refractivity contribution >= 4 is 22.7 Å². The summed E-state index contributed by atoms with van der Waals surface area (Å²) < 4.78 is 0. The maximum Gasteiger partial charge on any atom is 0.247 e. The number of carbonyl (C=O) groups excluding carboxylic acids is 1. The summed E-state index contributed by atoms with van der Waals surface area (Å²) in [5, 5.41) is 4.12. The minimum absolute atomic E-state index is 0.167. The summed E-state index contributed by atoms with van der Waals surface area (Å²) in [6.07, 6.45) is 0.167. The topological polar surface area (TPSA) is 70.1 Å². The van der Waals surface area contributed by atoms with Gasteiger partial charge in [-0.1, -0.05) is 42.5 Å². The second-order valence-electron chi connectivity index (χ2n) is 4.98. The first-order valence-corrected chi connectivity index (χ1v) is 7.04. The molecule has 0 aliphatic carbocycles. The lowest BCUT2D eigenvalue weighted by molar-refractivity contribution is -0.120. The van der Waals surface area contributed by atoms with Crippen molar-refractivity contribution in [1.82, 2.24) is 15.4 Å². The van der Waals surface area contributed by atoms with Crippen LogP contribution >= 0.6 is 0 Å². The maximum absolute atomic E-state index is 11.9. The van der Waals surface area contributed by atoms with Crippen LogP contribution in [0.5, 0.6) is 0 Å². The van der Waals surface area contributed by atoms with Gasteiger partial charge in [0.05, 0.1) is 23.2 Å². The van der Waals surface area contributed by atoms with Crippen molar-refractivity contribution in [2.75, 3.05) is 0 Å². The number of imidazole rings is 1. The molecule has 1 aromatic heterocycles. The lowest BCUT2D eigenvalue weighted by Crippen LogP contribution is -2.21. The zero-order valence-electron chi connectivity index (χ0n) is 12.2. The molecule has 1 amide bonds. The van der Waals surface area contributed by atoms with E-state index < -0.39 is 0 Å². The van der Waals surface area contributed by atoms with Gasteiger partial charge in [0, 0.05) is 0 Å². The maximum atomic E-state index is 11.9. The largest absolute Gasteiger partial charge is 0.342 e. The van der Waals surface area contributed by atoms with Gasteiger partial charge in [-0.2, -0.15) is 5.10 Å². The summed E-state index contributed by atoms with van der Waals surface area (Å²) in [7, 11) is 0. The van der Waals surface area contributed by atoms with Crippen molar-refractivity contribution in [3.8, 4) is 0 Å². The molecule has 0 fully saturated rings. The molecule has 110 valence electrons. The van der Waals surface area contributed by atoms with Crippen LogP contribution in [0.15, 0.2) is 59.7 Å². The number of hydrazone groups is 1. The molecule has 0 spiro atoms. The predicted octanol–water partition coefficient (Wildman–Crippen LogP) is 2.65. The van der Waals surface area contributed by atoms with Crippen molar-refractivity contribution in [3.63, 3.8) is 0 Å². The number of nitrogens with one attached hydrogen (secondary N) is 2. The fourth-order valence-corrected chi connectivity index (χ4v) is 2.17. The molecule has 3 aromatic rings. The third kappa shape index (κ3) is 3.20. The van der Waals surface area contributed by atoms with E-state index in [-0.39, 0.29) is 12.3 Å². The van der Waals surface area contributed by atoms with Crippen LogP contribution in [0.25, 0.3) is 11.0 Å². The minimum atomic E-state index is -0.200. The first kappa shape index (κ1) is 14.0. The molecule has 0 unspecified atom stereocenters. The number of fused-ring (bicyclic) bond motifs is 1. The molecule has 2 aromatic carbocycles. The van der Waals surface area contributed by atoms with E-state index in [9.17, 15) is 4.79 Å². The van der Waals surface area contributed by atoms with E-state index in [2.05, 4.69) is 20.5 Å². The summed E-state index contributed by atoms with van der Waals surface area (Å²) in [4.78, 5) is 19.4. The Bertz CT molecular complexity index is 788. The van der Waals surface area contributed by atoms with Crippen LogP contribution in [-0.2, 0) is 11.2 Å². The summed E-state index contributed by atoms with van der Waals surface area (Å²) in [5.41, 5.74) is 6.08. The Kier molecular flexibility index (Phi) is 3.96. The van der Waals surface area contributed by atoms with Crippen LogP contribution in [0, 0.1) is 0 Å². The molecule has 0 saturated heterocycles. The zero-order valence-corrected chi connectivity index (χ0v) is 12.2. The molecule has 0 bridgehead atoms. The molecule has 0 atom stereocenters. The van der Waals surface area contributed by atoms with E-state index in [0.717, 1.165) is 22.3 Å². The van der Waals surface area contributed by atoms with Crippen LogP contribution in [0.1, 0.15) is 18.3 Å². The Balaban J connectivity index is 1.65. The highest BCUT2D eigenvalue weighted by molar-refractivity contribution is 5.99. The number of para-hydroxylation sites is 2. The van der Waals surface area contributed by atoms with Crippen molar-refractivity contribution < 1.29 is 4.79 Å². The van der Waals surface area contributed by atoms with Crippen molar-refractivity contribution in [1.29, 1.82) is 0 Å². The number of aromatic amines is 1. The molecular formula is C17H16N4O. The fraction of sp³-hybridized carbons (Fsp3) is 0.118. The van der Waals surface area contributed by atoms with Crippen LogP contribution in [0.4, 0.5) is 0 Å². The smallest absolute Gasteiger partial charge is 0.247 e. The van der Waals surface area contributed by atoms with E-state index in [1.165, 1.54) is 0 Å². The van der Waals surface area contributed by atoms with Crippen LogP contribution in [0.3, 0.4) is 0 Å². The average molecular weight is 292 g/mol. The van der Waals surface area contributed by atoms with Crippen molar-refractivity contribution in [3.05, 3.63) is 66.0 Å². The summed E-state index contributed by atoms with van der Waals surface area (Å²) in [6.45, 7) is 1.86. The van der Waals surface area contributed by atoms with Gasteiger partial charge in [-0.3, -0.25) is 4.79 Å². The number of aromatic nitrogens is 2. The molecule has 0 radical (unpaired) electrons. The Hall–Kier alpha value is -2.95. The minimum Gasteiger partial charge on any atom is -0.342 e. The highest BCUT2D eigenvalue weighted by Crippen LogP contribution is 2.10. The first-order valence-electron chi connectivity index (χ1n) is 7.04. The lowest BCUT2D eigenvalue weighted by atomic mass is 10.1. The number of nitrogens with zero attached hydrogens (tertiary/aromatic N) is 2. The third-order valence-electron chi connectivity index (χ3n) is 3.31. The standard InChI is InChI=1S/C17H16N4O/c1-12(13-7-3-2-4-8-13)20-21-17(22)11-16-18-14-9-5-6-10-15(14)19-16/h2-10H,11H2,1H3,(H,18,19)(H,21,22)/b20-12-. The normalized spacial score (nSPS) is 11.6. The highest BCUT2D eigenvalue weighted by atomic mass is 16.2. The molecule has 0 aliphatic heterocycles. The number of hydrogen-bond donors (Lipinski definition) is 2. The second-order valence-corrected chi connectivity index (χ2v) is 4.98. The lowest BCUT2D eigenvalue weighted by Gasteiger charge is -2.01. The third-order valence-corrected chi connectivity index (χ3v) is 3.31. The molecule has 0 saturated carbocycles. The molecular weight excluding hydrogens is 276 g/mol. The average Bonchev–Trinajstić information content (AvgIpc) is 2.95. The van der Waals surface area contributed by atoms with Gasteiger partial charge >= 0.3 is 0 Å². The molecule has 2 N–H and O–H groups in total. The van der Waals surface area contributed by atoms with E-state index in [1.54, 1.807) is 0 Å². The number of carbonyl (C=O) groups is 1. The van der Waals surface area contributed by atoms with Gasteiger partial charge in [0.25, 0.3) is 0 Å². The van der Waals surface area contributed by atoms with Gasteiger partial charge in [0.1, 0.15) is 5.82 Å². The van der Waals surface area contributed by atoms with Gasteiger partial charge in [0.2, 0.25) is 5.91 Å². The van der Waals surface area contributed by atoms with Crippen molar-refractivity contribution in [2.45, 2.75) is 13.3 Å². The summed E-state index contributed by atoms with van der Waals surface area (Å²) in [6, 6.07) is 17.4. The predicted molar refractivity (Wildman–Crippen MR) is 86.6 cm³/mol. The Morgan fingerprint density at radius 3 is 2.64 bits per heavy atom. The second kappa shape index (κ2) is 6.22. The van der Waals surface area contributed by atoms with Gasteiger partial charge in [-0.15, -0.1) is 0 Å². The van der Waals surface area contributed by atoms with Crippen LogP contribution in [-0.4, -0.2) is 21.6 Å². The SMILES string of the molecule is C/C(=N/NC(=O)Cc1nc2ccccc2[nH]1)c1ccccc1. The molecule has 1 heterocycles. The van der Waals surface area contributed by atoms with E-state index in [0.29, 0.717) is 5.82 Å². The number of benzene rings is 2. The molecule has 5 nitrogen and oxygen atoms in total. The Labute approximate surface area is 128 Å².